The molecule has 0 spiro atoms. The van der Waals surface area contributed by atoms with Gasteiger partial charge < -0.3 is 16.0 Å². The molecule has 0 bridgehead atoms. The van der Waals surface area contributed by atoms with Crippen LogP contribution in [0.2, 0.25) is 0 Å². The van der Waals surface area contributed by atoms with Gasteiger partial charge in [-0.3, -0.25) is 4.79 Å². The molecular weight excluding hydrogens is 482 g/mol. The van der Waals surface area contributed by atoms with Crippen molar-refractivity contribution in [2.45, 2.75) is 31.7 Å². The van der Waals surface area contributed by atoms with Crippen LogP contribution in [-0.4, -0.2) is 31.5 Å². The van der Waals surface area contributed by atoms with Gasteiger partial charge in [-0.05, 0) is 37.0 Å². The summed E-state index contributed by atoms with van der Waals surface area (Å²) in [5.41, 5.74) is 1.61. The number of carbonyl (C=O) groups is 1. The number of nitrogens with zero attached hydrogens (tertiary/aromatic N) is 1. The number of carbonyl (C=O) groups excluding carboxylic acids is 1. The standard InChI is InChI=1S/C22H27FN4O.HI/c1-2-24-21(26-15-20(28)25-14-17-8-4-3-5-9-17)27-16-22(12-13-22)18-10-6-7-11-19(18)23;/h3-11H,2,12-16H2,1H3,(H,25,28)(H2,24,26,27);1H. The first kappa shape index (κ1) is 23.1. The third kappa shape index (κ3) is 6.69. The van der Waals surface area contributed by atoms with E-state index in [1.165, 1.54) is 6.07 Å². The molecule has 1 saturated carbocycles. The zero-order valence-electron chi connectivity index (χ0n) is 16.6. The maximum absolute atomic E-state index is 14.1. The topological polar surface area (TPSA) is 65.5 Å². The smallest absolute Gasteiger partial charge is 0.242 e. The van der Waals surface area contributed by atoms with Crippen molar-refractivity contribution in [1.82, 2.24) is 16.0 Å². The van der Waals surface area contributed by atoms with Gasteiger partial charge in [0.25, 0.3) is 0 Å². The molecule has 1 aliphatic carbocycles. The Bertz CT molecular complexity index is 825. The Kier molecular flexibility index (Phi) is 8.88. The first-order valence-corrected chi connectivity index (χ1v) is 9.71. The van der Waals surface area contributed by atoms with Crippen LogP contribution >= 0.6 is 24.0 Å². The molecule has 1 fully saturated rings. The Morgan fingerprint density at radius 3 is 2.38 bits per heavy atom. The first-order valence-electron chi connectivity index (χ1n) is 9.71. The van der Waals surface area contributed by atoms with E-state index in [4.69, 9.17) is 0 Å². The van der Waals surface area contributed by atoms with Crippen LogP contribution in [-0.2, 0) is 16.8 Å². The number of guanidine groups is 1. The summed E-state index contributed by atoms with van der Waals surface area (Å²) < 4.78 is 14.1. The van der Waals surface area contributed by atoms with E-state index in [1.54, 1.807) is 6.07 Å². The van der Waals surface area contributed by atoms with Gasteiger partial charge in [0.15, 0.2) is 5.96 Å². The van der Waals surface area contributed by atoms with Crippen LogP contribution in [0.5, 0.6) is 0 Å². The van der Waals surface area contributed by atoms with Gasteiger partial charge in [-0.2, -0.15) is 0 Å². The number of amides is 1. The van der Waals surface area contributed by atoms with Crippen LogP contribution in [0.3, 0.4) is 0 Å². The highest BCUT2D eigenvalue weighted by atomic mass is 127. The van der Waals surface area contributed by atoms with Crippen molar-refractivity contribution in [3.63, 3.8) is 0 Å². The molecule has 5 nitrogen and oxygen atoms in total. The third-order valence-corrected chi connectivity index (χ3v) is 4.95. The van der Waals surface area contributed by atoms with Gasteiger partial charge in [-0.15, -0.1) is 24.0 Å². The van der Waals surface area contributed by atoms with Gasteiger partial charge in [0.2, 0.25) is 5.91 Å². The molecule has 0 aliphatic heterocycles. The highest BCUT2D eigenvalue weighted by molar-refractivity contribution is 14.0. The summed E-state index contributed by atoms with van der Waals surface area (Å²) in [4.78, 5) is 16.4. The lowest BCUT2D eigenvalue weighted by Crippen LogP contribution is -2.42. The maximum Gasteiger partial charge on any atom is 0.242 e. The lowest BCUT2D eigenvalue weighted by molar-refractivity contribution is -0.119. The second kappa shape index (κ2) is 11.1. The van der Waals surface area contributed by atoms with E-state index in [1.807, 2.05) is 49.4 Å². The number of hydrogen-bond donors (Lipinski definition) is 3. The predicted octanol–water partition coefficient (Wildman–Crippen LogP) is 3.35. The van der Waals surface area contributed by atoms with Crippen molar-refractivity contribution in [2.75, 3.05) is 19.6 Å². The van der Waals surface area contributed by atoms with E-state index in [-0.39, 0.29) is 47.7 Å². The van der Waals surface area contributed by atoms with Crippen molar-refractivity contribution < 1.29 is 9.18 Å². The Labute approximate surface area is 188 Å². The summed E-state index contributed by atoms with van der Waals surface area (Å²) in [5.74, 6) is 0.264. The van der Waals surface area contributed by atoms with Crippen LogP contribution in [0, 0.1) is 5.82 Å². The molecule has 0 heterocycles. The largest absolute Gasteiger partial charge is 0.357 e. The fourth-order valence-corrected chi connectivity index (χ4v) is 3.18. The van der Waals surface area contributed by atoms with Crippen LogP contribution in [0.15, 0.2) is 59.6 Å². The maximum atomic E-state index is 14.1. The Morgan fingerprint density at radius 1 is 1.03 bits per heavy atom. The van der Waals surface area contributed by atoms with Gasteiger partial charge in [0.1, 0.15) is 12.4 Å². The second-order valence-electron chi connectivity index (χ2n) is 7.07. The van der Waals surface area contributed by atoms with Crippen molar-refractivity contribution in [3.8, 4) is 0 Å². The van der Waals surface area contributed by atoms with E-state index < -0.39 is 0 Å². The van der Waals surface area contributed by atoms with Crippen molar-refractivity contribution in [2.24, 2.45) is 4.99 Å². The minimum atomic E-state index is -0.183. The minimum absolute atomic E-state index is 0. The fraction of sp³-hybridized carbons (Fsp3) is 0.364. The van der Waals surface area contributed by atoms with Gasteiger partial charge in [0, 0.05) is 25.0 Å². The van der Waals surface area contributed by atoms with Gasteiger partial charge in [-0.25, -0.2) is 9.38 Å². The number of benzene rings is 2. The third-order valence-electron chi connectivity index (χ3n) is 4.95. The summed E-state index contributed by atoms with van der Waals surface area (Å²) >= 11 is 0. The molecule has 0 saturated heterocycles. The summed E-state index contributed by atoms with van der Waals surface area (Å²) in [5, 5.41) is 9.28. The molecular formula is C22H28FIN4O. The zero-order chi connectivity index (χ0) is 19.8. The molecule has 156 valence electrons. The molecule has 0 aromatic heterocycles. The number of nitrogens with one attached hydrogen (secondary N) is 3. The highest BCUT2D eigenvalue weighted by Crippen LogP contribution is 2.48. The van der Waals surface area contributed by atoms with E-state index >= 15 is 0 Å². The summed E-state index contributed by atoms with van der Waals surface area (Å²) in [6.07, 6.45) is 1.88. The lowest BCUT2D eigenvalue weighted by atomic mass is 9.95. The van der Waals surface area contributed by atoms with Gasteiger partial charge in [-0.1, -0.05) is 48.5 Å². The average Bonchev–Trinajstić information content (AvgIpc) is 3.50. The van der Waals surface area contributed by atoms with Crippen molar-refractivity contribution >= 4 is 35.8 Å². The van der Waals surface area contributed by atoms with Crippen LogP contribution in [0.25, 0.3) is 0 Å². The molecule has 0 unspecified atom stereocenters. The van der Waals surface area contributed by atoms with Crippen molar-refractivity contribution in [1.29, 1.82) is 0 Å². The van der Waals surface area contributed by atoms with Crippen LogP contribution in [0.4, 0.5) is 4.39 Å². The highest BCUT2D eigenvalue weighted by Gasteiger charge is 2.45. The molecule has 3 rings (SSSR count). The molecule has 1 aliphatic rings. The molecule has 0 radical (unpaired) electrons. The molecule has 7 heteroatoms. The number of hydrogen-bond acceptors (Lipinski definition) is 2. The molecule has 29 heavy (non-hydrogen) atoms. The Hall–Kier alpha value is -2.16. The van der Waals surface area contributed by atoms with Gasteiger partial charge in [0.05, 0.1) is 0 Å². The van der Waals surface area contributed by atoms with Gasteiger partial charge >= 0.3 is 0 Å². The Morgan fingerprint density at radius 2 is 1.72 bits per heavy atom. The number of rotatable bonds is 8. The number of aliphatic imine (C=N–C) groups is 1. The summed E-state index contributed by atoms with van der Waals surface area (Å²) in [6, 6.07) is 16.7. The van der Waals surface area contributed by atoms with Crippen molar-refractivity contribution in [3.05, 3.63) is 71.5 Å². The predicted molar refractivity (Wildman–Crippen MR) is 125 cm³/mol. The summed E-state index contributed by atoms with van der Waals surface area (Å²) in [6.45, 7) is 3.76. The van der Waals surface area contributed by atoms with Crippen LogP contribution < -0.4 is 16.0 Å². The monoisotopic (exact) mass is 510 g/mol. The average molecular weight is 510 g/mol. The van der Waals surface area contributed by atoms with E-state index in [9.17, 15) is 9.18 Å². The van der Waals surface area contributed by atoms with E-state index in [0.29, 0.717) is 25.6 Å². The minimum Gasteiger partial charge on any atom is -0.357 e. The molecule has 0 atom stereocenters. The molecule has 2 aromatic carbocycles. The van der Waals surface area contributed by atoms with Crippen LogP contribution in [0.1, 0.15) is 30.9 Å². The molecule has 1 amide bonds. The van der Waals surface area contributed by atoms with E-state index in [0.717, 1.165) is 24.0 Å². The number of halogens is 2. The Balaban J connectivity index is 0.00000300. The molecule has 3 N–H and O–H groups in total. The SMILES string of the molecule is CCNC(=NCC(=O)NCc1ccccc1)NCC1(c2ccccc2F)CC1.I. The quantitative estimate of drug-likeness (QED) is 0.290. The fourth-order valence-electron chi connectivity index (χ4n) is 3.18. The lowest BCUT2D eigenvalue weighted by Gasteiger charge is -2.19. The summed E-state index contributed by atoms with van der Waals surface area (Å²) in [7, 11) is 0. The van der Waals surface area contributed by atoms with E-state index in [2.05, 4.69) is 20.9 Å². The normalized spacial score (nSPS) is 14.5. The zero-order valence-corrected chi connectivity index (χ0v) is 18.9. The molecule has 2 aromatic rings. The first-order chi connectivity index (χ1) is 13.6. The second-order valence-corrected chi connectivity index (χ2v) is 7.07.